The number of benzene rings is 3. The van der Waals surface area contributed by atoms with E-state index in [1.54, 1.807) is 28.3 Å². The van der Waals surface area contributed by atoms with Gasteiger partial charge in [-0.3, -0.25) is 4.79 Å². The summed E-state index contributed by atoms with van der Waals surface area (Å²) in [6, 6.07) is 20.2. The molecular formula is C25H20N2O2S. The van der Waals surface area contributed by atoms with Crippen LogP contribution in [0.25, 0.3) is 39.0 Å². The van der Waals surface area contributed by atoms with E-state index in [4.69, 9.17) is 4.42 Å². The van der Waals surface area contributed by atoms with E-state index >= 15 is 0 Å². The van der Waals surface area contributed by atoms with Gasteiger partial charge in [0.15, 0.2) is 0 Å². The summed E-state index contributed by atoms with van der Waals surface area (Å²) in [5, 5.41) is 0.561. The van der Waals surface area contributed by atoms with Crippen molar-refractivity contribution in [2.45, 2.75) is 24.2 Å². The normalized spacial score (nSPS) is 14.2. The maximum absolute atomic E-state index is 13.0. The number of rotatable bonds is 4. The summed E-state index contributed by atoms with van der Waals surface area (Å²) in [6.45, 7) is 0. The van der Waals surface area contributed by atoms with Gasteiger partial charge < -0.3 is 4.42 Å². The minimum Gasteiger partial charge on any atom is -0.424 e. The predicted molar refractivity (Wildman–Crippen MR) is 122 cm³/mol. The van der Waals surface area contributed by atoms with E-state index in [0.717, 1.165) is 28.9 Å². The first kappa shape index (κ1) is 17.8. The lowest BCUT2D eigenvalue weighted by atomic mass is 10.00. The van der Waals surface area contributed by atoms with Crippen LogP contribution in [0.4, 0.5) is 0 Å². The van der Waals surface area contributed by atoms with Crippen LogP contribution in [0.15, 0.2) is 74.8 Å². The van der Waals surface area contributed by atoms with Crippen LogP contribution < -0.4 is 5.56 Å². The highest BCUT2D eigenvalue weighted by atomic mass is 32.2. The van der Waals surface area contributed by atoms with Crippen molar-refractivity contribution in [1.82, 2.24) is 9.38 Å². The van der Waals surface area contributed by atoms with Gasteiger partial charge in [-0.25, -0.2) is 4.40 Å². The van der Waals surface area contributed by atoms with Crippen LogP contribution >= 0.6 is 11.8 Å². The number of para-hydroxylation sites is 1. The lowest BCUT2D eigenvalue weighted by molar-refractivity contribution is 0.616. The molecule has 0 saturated heterocycles. The van der Waals surface area contributed by atoms with E-state index in [-0.39, 0.29) is 5.56 Å². The lowest BCUT2D eigenvalue weighted by Crippen LogP contribution is -2.12. The lowest BCUT2D eigenvalue weighted by Gasteiger charge is -2.11. The van der Waals surface area contributed by atoms with E-state index in [1.165, 1.54) is 28.9 Å². The zero-order chi connectivity index (χ0) is 20.2. The molecule has 1 aliphatic carbocycles. The molecule has 0 atom stereocenters. The molecule has 1 aliphatic rings. The summed E-state index contributed by atoms with van der Waals surface area (Å²) in [4.78, 5) is 18.9. The van der Waals surface area contributed by atoms with Crippen LogP contribution in [0, 0.1) is 5.92 Å². The van der Waals surface area contributed by atoms with Gasteiger partial charge in [-0.15, -0.1) is 11.8 Å². The molecule has 5 aromatic rings. The van der Waals surface area contributed by atoms with Gasteiger partial charge in [0, 0.05) is 4.90 Å². The Hall–Kier alpha value is -3.05. The average Bonchev–Trinajstić information content (AvgIpc) is 3.51. The largest absolute Gasteiger partial charge is 0.424 e. The summed E-state index contributed by atoms with van der Waals surface area (Å²) in [5.41, 5.74) is 5.73. The second-order valence-corrected chi connectivity index (χ2v) is 8.87. The molecule has 0 unspecified atom stereocenters. The molecule has 30 heavy (non-hydrogen) atoms. The molecule has 0 N–H and O–H groups in total. The molecule has 2 heterocycles. The van der Waals surface area contributed by atoms with Crippen molar-refractivity contribution in [3.63, 3.8) is 0 Å². The summed E-state index contributed by atoms with van der Waals surface area (Å²) in [6.07, 6.45) is 5.96. The Kier molecular flexibility index (Phi) is 4.00. The standard InChI is InChI=1S/C25H20N2O2S/c1-30-23-11-8-16(12-15-6-7-15)13-19(23)17-9-10-21-20(14-17)26-25-27(21)24(28)18-4-2-3-5-22(18)29-25/h2-5,8-11,13-15H,6-7,12H2,1H3. The van der Waals surface area contributed by atoms with Crippen molar-refractivity contribution < 1.29 is 4.42 Å². The van der Waals surface area contributed by atoms with Crippen molar-refractivity contribution in [2.75, 3.05) is 6.26 Å². The number of thioether (sulfide) groups is 1. The van der Waals surface area contributed by atoms with E-state index in [9.17, 15) is 4.79 Å². The monoisotopic (exact) mass is 412 g/mol. The molecule has 0 radical (unpaired) electrons. The SMILES string of the molecule is CSc1ccc(CC2CC2)cc1-c1ccc2c(c1)nc1oc3ccccc3c(=O)n12. The molecule has 0 bridgehead atoms. The number of fused-ring (bicyclic) bond motifs is 4. The highest BCUT2D eigenvalue weighted by molar-refractivity contribution is 7.98. The molecule has 0 amide bonds. The van der Waals surface area contributed by atoms with Gasteiger partial charge in [0.2, 0.25) is 0 Å². The van der Waals surface area contributed by atoms with Crippen molar-refractivity contribution >= 4 is 39.6 Å². The topological polar surface area (TPSA) is 47.5 Å². The Bertz CT molecular complexity index is 1490. The van der Waals surface area contributed by atoms with Crippen molar-refractivity contribution in [3.05, 3.63) is 76.6 Å². The second kappa shape index (κ2) is 6.74. The van der Waals surface area contributed by atoms with Crippen LogP contribution in [-0.2, 0) is 6.42 Å². The van der Waals surface area contributed by atoms with Crippen molar-refractivity contribution in [2.24, 2.45) is 5.92 Å². The first-order valence-corrected chi connectivity index (χ1v) is 11.4. The molecule has 0 aliphatic heterocycles. The fourth-order valence-corrected chi connectivity index (χ4v) is 4.81. The van der Waals surface area contributed by atoms with E-state index in [1.807, 2.05) is 18.2 Å². The van der Waals surface area contributed by atoms with E-state index in [0.29, 0.717) is 16.8 Å². The third-order valence-electron chi connectivity index (χ3n) is 5.94. The van der Waals surface area contributed by atoms with E-state index < -0.39 is 0 Å². The predicted octanol–water partition coefficient (Wildman–Crippen LogP) is 5.94. The Balaban J connectivity index is 1.55. The molecular weight excluding hydrogens is 392 g/mol. The van der Waals surface area contributed by atoms with Gasteiger partial charge >= 0.3 is 5.84 Å². The number of nitrogens with zero attached hydrogens (tertiary/aromatic N) is 2. The summed E-state index contributed by atoms with van der Waals surface area (Å²) in [7, 11) is 0. The Morgan fingerprint density at radius 1 is 1.10 bits per heavy atom. The minimum atomic E-state index is -0.0988. The first-order valence-electron chi connectivity index (χ1n) is 10.2. The zero-order valence-corrected chi connectivity index (χ0v) is 17.4. The van der Waals surface area contributed by atoms with Crippen LogP contribution in [0.5, 0.6) is 0 Å². The first-order chi connectivity index (χ1) is 14.7. The summed E-state index contributed by atoms with van der Waals surface area (Å²) < 4.78 is 7.49. The highest BCUT2D eigenvalue weighted by Crippen LogP contribution is 2.37. The summed E-state index contributed by atoms with van der Waals surface area (Å²) in [5.74, 6) is 1.18. The molecule has 3 aromatic carbocycles. The van der Waals surface area contributed by atoms with Crippen molar-refractivity contribution in [1.29, 1.82) is 0 Å². The van der Waals surface area contributed by atoms with Gasteiger partial charge in [0.1, 0.15) is 5.58 Å². The molecule has 2 aromatic heterocycles. The van der Waals surface area contributed by atoms with Crippen molar-refractivity contribution in [3.8, 4) is 11.1 Å². The van der Waals surface area contributed by atoms with Gasteiger partial charge in [-0.1, -0.05) is 30.3 Å². The smallest absolute Gasteiger partial charge is 0.310 e. The quantitative estimate of drug-likeness (QED) is 0.343. The van der Waals surface area contributed by atoms with Crippen LogP contribution in [0.3, 0.4) is 0 Å². The van der Waals surface area contributed by atoms with Gasteiger partial charge in [0.05, 0.1) is 16.4 Å². The molecule has 0 spiro atoms. The number of hydrogen-bond acceptors (Lipinski definition) is 4. The minimum absolute atomic E-state index is 0.0988. The molecule has 1 fully saturated rings. The van der Waals surface area contributed by atoms with E-state index in [2.05, 4.69) is 41.6 Å². The van der Waals surface area contributed by atoms with Gasteiger partial charge in [-0.05, 0) is 78.5 Å². The molecule has 148 valence electrons. The molecule has 5 heteroatoms. The Morgan fingerprint density at radius 2 is 1.97 bits per heavy atom. The molecule has 1 saturated carbocycles. The van der Waals surface area contributed by atoms with Crippen LogP contribution in [0.2, 0.25) is 0 Å². The van der Waals surface area contributed by atoms with Crippen LogP contribution in [0.1, 0.15) is 18.4 Å². The fourth-order valence-electron chi connectivity index (χ4n) is 4.20. The molecule has 6 rings (SSSR count). The Labute approximate surface area is 177 Å². The van der Waals surface area contributed by atoms with Crippen LogP contribution in [-0.4, -0.2) is 15.6 Å². The Morgan fingerprint density at radius 3 is 2.80 bits per heavy atom. The average molecular weight is 413 g/mol. The maximum Gasteiger partial charge on any atom is 0.310 e. The third-order valence-corrected chi connectivity index (χ3v) is 6.74. The number of aromatic nitrogens is 2. The second-order valence-electron chi connectivity index (χ2n) is 8.02. The number of hydrogen-bond donors (Lipinski definition) is 0. The maximum atomic E-state index is 13.0. The van der Waals surface area contributed by atoms with Gasteiger partial charge in [0.25, 0.3) is 5.56 Å². The summed E-state index contributed by atoms with van der Waals surface area (Å²) >= 11 is 1.75. The zero-order valence-electron chi connectivity index (χ0n) is 16.6. The third kappa shape index (κ3) is 2.84. The highest BCUT2D eigenvalue weighted by Gasteiger charge is 2.22. The molecule has 4 nitrogen and oxygen atoms in total. The number of imidazole rings is 1. The fraction of sp³-hybridized carbons (Fsp3) is 0.200. The van der Waals surface area contributed by atoms with Gasteiger partial charge in [-0.2, -0.15) is 4.98 Å².